The van der Waals surface area contributed by atoms with E-state index in [1.54, 1.807) is 4.52 Å². The Labute approximate surface area is 179 Å². The fourth-order valence-corrected chi connectivity index (χ4v) is 4.81. The van der Waals surface area contributed by atoms with Crippen LogP contribution in [0.2, 0.25) is 0 Å². The molecule has 8 heteroatoms. The van der Waals surface area contributed by atoms with Gasteiger partial charge in [0.1, 0.15) is 5.82 Å². The third-order valence-corrected chi connectivity index (χ3v) is 6.78. The van der Waals surface area contributed by atoms with Crippen LogP contribution in [0.1, 0.15) is 57.2 Å². The van der Waals surface area contributed by atoms with Crippen LogP contribution in [-0.2, 0) is 4.79 Å². The molecule has 1 aliphatic heterocycles. The lowest BCUT2D eigenvalue weighted by Crippen LogP contribution is -2.41. The van der Waals surface area contributed by atoms with Gasteiger partial charge >= 0.3 is 0 Å². The topological polar surface area (TPSA) is 78.7 Å². The standard InChI is InChI=1S/C22H35N7O/c1-17-24-25-20-9-10-21(26-29(17)20)28-15-11-18(12-16-28)22(30)23-13-6-14-27(2)19-7-4-3-5-8-19/h9-10,18-19H,3-8,11-16H2,1-2H3,(H,23,30). The molecule has 2 aromatic heterocycles. The van der Waals surface area contributed by atoms with Crippen LogP contribution in [0.5, 0.6) is 0 Å². The van der Waals surface area contributed by atoms with E-state index in [-0.39, 0.29) is 11.8 Å². The number of piperidine rings is 1. The Morgan fingerprint density at radius 1 is 1.13 bits per heavy atom. The molecular formula is C22H35N7O. The maximum atomic E-state index is 12.6. The van der Waals surface area contributed by atoms with Gasteiger partial charge in [-0.3, -0.25) is 4.79 Å². The molecule has 0 spiro atoms. The lowest BCUT2D eigenvalue weighted by atomic mass is 9.94. The molecule has 1 N–H and O–H groups in total. The summed E-state index contributed by atoms with van der Waals surface area (Å²) in [5.74, 6) is 2.04. The average Bonchev–Trinajstić information content (AvgIpc) is 3.17. The molecule has 2 aliphatic rings. The van der Waals surface area contributed by atoms with Gasteiger partial charge in [0.25, 0.3) is 0 Å². The van der Waals surface area contributed by atoms with Gasteiger partial charge in [-0.1, -0.05) is 19.3 Å². The van der Waals surface area contributed by atoms with Crippen LogP contribution >= 0.6 is 0 Å². The predicted octanol–water partition coefficient (Wildman–Crippen LogP) is 2.42. The summed E-state index contributed by atoms with van der Waals surface area (Å²) in [5.41, 5.74) is 0.764. The van der Waals surface area contributed by atoms with Gasteiger partial charge < -0.3 is 15.1 Å². The molecule has 1 saturated carbocycles. The number of rotatable bonds is 7. The second kappa shape index (κ2) is 9.73. The van der Waals surface area contributed by atoms with E-state index in [1.807, 2.05) is 19.1 Å². The normalized spacial score (nSPS) is 19.0. The van der Waals surface area contributed by atoms with E-state index in [2.05, 4.69) is 37.5 Å². The largest absolute Gasteiger partial charge is 0.356 e. The number of nitrogens with zero attached hydrogens (tertiary/aromatic N) is 6. The van der Waals surface area contributed by atoms with E-state index < -0.39 is 0 Å². The molecule has 0 bridgehead atoms. The summed E-state index contributed by atoms with van der Waals surface area (Å²) in [4.78, 5) is 17.3. The van der Waals surface area contributed by atoms with Crippen molar-refractivity contribution in [2.24, 2.45) is 5.92 Å². The predicted molar refractivity (Wildman–Crippen MR) is 118 cm³/mol. The van der Waals surface area contributed by atoms with Crippen LogP contribution in [0, 0.1) is 12.8 Å². The number of aromatic nitrogens is 4. The van der Waals surface area contributed by atoms with Crippen molar-refractivity contribution in [3.05, 3.63) is 18.0 Å². The smallest absolute Gasteiger partial charge is 0.223 e. The fraction of sp³-hybridized carbons (Fsp3) is 0.727. The molecule has 2 fully saturated rings. The summed E-state index contributed by atoms with van der Waals surface area (Å²) in [6, 6.07) is 4.69. The lowest BCUT2D eigenvalue weighted by molar-refractivity contribution is -0.125. The van der Waals surface area contributed by atoms with Crippen molar-refractivity contribution in [3.8, 4) is 0 Å². The Kier molecular flexibility index (Phi) is 6.82. The number of fused-ring (bicyclic) bond motifs is 1. The minimum absolute atomic E-state index is 0.109. The van der Waals surface area contributed by atoms with E-state index >= 15 is 0 Å². The van der Waals surface area contributed by atoms with Gasteiger partial charge in [-0.05, 0) is 64.8 Å². The minimum atomic E-state index is 0.109. The van der Waals surface area contributed by atoms with Crippen molar-refractivity contribution in [1.29, 1.82) is 0 Å². The zero-order valence-corrected chi connectivity index (χ0v) is 18.4. The zero-order valence-electron chi connectivity index (χ0n) is 18.4. The molecule has 2 aromatic rings. The Hall–Kier alpha value is -2.22. The van der Waals surface area contributed by atoms with E-state index in [1.165, 1.54) is 32.1 Å². The molecule has 164 valence electrons. The van der Waals surface area contributed by atoms with Crippen molar-refractivity contribution < 1.29 is 4.79 Å². The molecule has 1 amide bonds. The Morgan fingerprint density at radius 2 is 1.90 bits per heavy atom. The SMILES string of the molecule is Cc1nnc2ccc(N3CCC(C(=O)NCCCN(C)C4CCCCC4)CC3)nn12. The van der Waals surface area contributed by atoms with Crippen LogP contribution in [0.4, 0.5) is 5.82 Å². The van der Waals surface area contributed by atoms with Crippen LogP contribution in [0.15, 0.2) is 12.1 Å². The highest BCUT2D eigenvalue weighted by Crippen LogP contribution is 2.23. The van der Waals surface area contributed by atoms with Crippen molar-refractivity contribution in [1.82, 2.24) is 30.0 Å². The second-order valence-electron chi connectivity index (χ2n) is 8.89. The maximum absolute atomic E-state index is 12.6. The summed E-state index contributed by atoms with van der Waals surface area (Å²) in [5, 5.41) is 16.0. The molecule has 0 unspecified atom stereocenters. The first-order valence-corrected chi connectivity index (χ1v) is 11.5. The van der Waals surface area contributed by atoms with Gasteiger partial charge in [0.05, 0.1) is 0 Å². The lowest BCUT2D eigenvalue weighted by Gasteiger charge is -2.32. The Bertz CT molecular complexity index is 837. The number of hydrogen-bond acceptors (Lipinski definition) is 6. The Balaban J connectivity index is 1.18. The zero-order chi connectivity index (χ0) is 20.9. The quantitative estimate of drug-likeness (QED) is 0.703. The fourth-order valence-electron chi connectivity index (χ4n) is 4.81. The van der Waals surface area contributed by atoms with Crippen molar-refractivity contribution in [2.45, 2.75) is 64.3 Å². The van der Waals surface area contributed by atoms with Gasteiger partial charge in [-0.2, -0.15) is 4.52 Å². The molecular weight excluding hydrogens is 378 g/mol. The van der Waals surface area contributed by atoms with Crippen LogP contribution in [0.25, 0.3) is 5.65 Å². The van der Waals surface area contributed by atoms with Crippen LogP contribution in [0.3, 0.4) is 0 Å². The molecule has 1 aliphatic carbocycles. The van der Waals surface area contributed by atoms with Crippen molar-refractivity contribution >= 4 is 17.4 Å². The van der Waals surface area contributed by atoms with Gasteiger partial charge in [0, 0.05) is 31.6 Å². The number of anilines is 1. The van der Waals surface area contributed by atoms with Crippen LogP contribution < -0.4 is 10.2 Å². The highest BCUT2D eigenvalue weighted by molar-refractivity contribution is 5.78. The summed E-state index contributed by atoms with van der Waals surface area (Å²) in [6.45, 7) is 5.45. The molecule has 3 heterocycles. The first-order valence-electron chi connectivity index (χ1n) is 11.5. The summed E-state index contributed by atoms with van der Waals surface area (Å²) in [7, 11) is 2.24. The van der Waals surface area contributed by atoms with Gasteiger partial charge in [-0.25, -0.2) is 0 Å². The molecule has 4 rings (SSSR count). The summed E-state index contributed by atoms with van der Waals surface area (Å²) >= 11 is 0. The summed E-state index contributed by atoms with van der Waals surface area (Å²) < 4.78 is 1.78. The molecule has 0 radical (unpaired) electrons. The minimum Gasteiger partial charge on any atom is -0.356 e. The number of nitrogens with one attached hydrogen (secondary N) is 1. The molecule has 1 saturated heterocycles. The van der Waals surface area contributed by atoms with E-state index in [0.717, 1.165) is 68.8 Å². The molecule has 8 nitrogen and oxygen atoms in total. The molecule has 0 aromatic carbocycles. The first-order chi connectivity index (χ1) is 14.6. The highest BCUT2D eigenvalue weighted by Gasteiger charge is 2.26. The third kappa shape index (κ3) is 4.91. The number of carbonyl (C=O) groups excluding carboxylic acids is 1. The van der Waals surface area contributed by atoms with Gasteiger partial charge in [0.2, 0.25) is 5.91 Å². The van der Waals surface area contributed by atoms with Crippen molar-refractivity contribution in [3.63, 3.8) is 0 Å². The van der Waals surface area contributed by atoms with E-state index in [0.29, 0.717) is 0 Å². The summed E-state index contributed by atoms with van der Waals surface area (Å²) in [6.07, 6.45) is 9.56. The number of aryl methyl sites for hydroxylation is 1. The number of carbonyl (C=O) groups is 1. The highest BCUT2D eigenvalue weighted by atomic mass is 16.1. The van der Waals surface area contributed by atoms with Crippen LogP contribution in [-0.4, -0.2) is 69.9 Å². The molecule has 30 heavy (non-hydrogen) atoms. The second-order valence-corrected chi connectivity index (χ2v) is 8.89. The third-order valence-electron chi connectivity index (χ3n) is 6.78. The Morgan fingerprint density at radius 3 is 2.67 bits per heavy atom. The van der Waals surface area contributed by atoms with Crippen molar-refractivity contribution in [2.75, 3.05) is 38.1 Å². The maximum Gasteiger partial charge on any atom is 0.223 e. The first kappa shape index (κ1) is 21.0. The monoisotopic (exact) mass is 413 g/mol. The van der Waals surface area contributed by atoms with E-state index in [9.17, 15) is 4.79 Å². The van der Waals surface area contributed by atoms with E-state index in [4.69, 9.17) is 0 Å². The van der Waals surface area contributed by atoms with Gasteiger partial charge in [0.15, 0.2) is 11.5 Å². The molecule has 0 atom stereocenters. The van der Waals surface area contributed by atoms with Gasteiger partial charge in [-0.15, -0.1) is 15.3 Å². The average molecular weight is 414 g/mol. The number of hydrogen-bond donors (Lipinski definition) is 1. The number of amides is 1.